The number of likely N-dealkylation sites (tertiary alicyclic amines) is 1. The van der Waals surface area contributed by atoms with E-state index in [0.717, 1.165) is 22.1 Å². The molecule has 5 nitrogen and oxygen atoms in total. The lowest BCUT2D eigenvalue weighted by Gasteiger charge is -2.31. The number of carbonyl (C=O) groups is 2. The molecule has 1 fully saturated rings. The van der Waals surface area contributed by atoms with Crippen molar-refractivity contribution in [1.29, 1.82) is 0 Å². The van der Waals surface area contributed by atoms with Crippen LogP contribution >= 0.6 is 22.6 Å². The molecule has 1 aromatic carbocycles. The number of aliphatic carboxylic acids is 1. The van der Waals surface area contributed by atoms with Crippen molar-refractivity contribution in [2.75, 3.05) is 18.4 Å². The Labute approximate surface area is 131 Å². The summed E-state index contributed by atoms with van der Waals surface area (Å²) in [5.74, 6) is -0.569. The van der Waals surface area contributed by atoms with Gasteiger partial charge in [-0.2, -0.15) is 0 Å². The molecule has 0 unspecified atom stereocenters. The van der Waals surface area contributed by atoms with Crippen molar-refractivity contribution in [2.24, 2.45) is 5.92 Å². The summed E-state index contributed by atoms with van der Waals surface area (Å²) in [4.78, 5) is 24.5. The van der Waals surface area contributed by atoms with Gasteiger partial charge in [-0.05, 0) is 59.5 Å². The van der Waals surface area contributed by atoms with E-state index in [0.29, 0.717) is 13.1 Å². The maximum absolute atomic E-state index is 12.1. The topological polar surface area (TPSA) is 69.6 Å². The molecule has 0 atom stereocenters. The molecule has 1 saturated heterocycles. The van der Waals surface area contributed by atoms with Crippen LogP contribution in [0.25, 0.3) is 0 Å². The second-order valence-corrected chi connectivity index (χ2v) is 6.21. The number of amides is 2. The first-order valence-electron chi connectivity index (χ1n) is 6.58. The quantitative estimate of drug-likeness (QED) is 0.783. The van der Waals surface area contributed by atoms with Gasteiger partial charge in [-0.15, -0.1) is 0 Å². The fraction of sp³-hybridized carbons (Fsp3) is 0.429. The Hall–Kier alpha value is -1.31. The highest BCUT2D eigenvalue weighted by atomic mass is 127. The third-order valence-electron chi connectivity index (χ3n) is 3.44. The molecule has 0 aromatic heterocycles. The van der Waals surface area contributed by atoms with Gasteiger partial charge in [-0.3, -0.25) is 4.79 Å². The molecular formula is C14H17IN2O3. The average molecular weight is 388 g/mol. The number of halogens is 1. The second-order valence-electron chi connectivity index (χ2n) is 4.97. The van der Waals surface area contributed by atoms with Crippen LogP contribution < -0.4 is 5.32 Å². The lowest BCUT2D eigenvalue weighted by atomic mass is 9.94. The zero-order chi connectivity index (χ0) is 14.5. The highest BCUT2D eigenvalue weighted by molar-refractivity contribution is 14.1. The highest BCUT2D eigenvalue weighted by Crippen LogP contribution is 2.21. The van der Waals surface area contributed by atoms with Crippen molar-refractivity contribution in [1.82, 2.24) is 4.90 Å². The van der Waals surface area contributed by atoms with E-state index in [1.807, 2.05) is 24.3 Å². The second kappa shape index (κ2) is 6.92. The first-order valence-corrected chi connectivity index (χ1v) is 7.66. The van der Waals surface area contributed by atoms with Crippen LogP contribution in [0.2, 0.25) is 0 Å². The molecule has 6 heteroatoms. The van der Waals surface area contributed by atoms with Crippen LogP contribution in [0.3, 0.4) is 0 Å². The first kappa shape index (κ1) is 15.1. The van der Waals surface area contributed by atoms with Gasteiger partial charge < -0.3 is 15.3 Å². The van der Waals surface area contributed by atoms with E-state index < -0.39 is 5.97 Å². The maximum Gasteiger partial charge on any atom is 0.321 e. The number of hydrogen-bond donors (Lipinski definition) is 2. The van der Waals surface area contributed by atoms with Crippen molar-refractivity contribution in [3.05, 3.63) is 27.8 Å². The van der Waals surface area contributed by atoms with Crippen molar-refractivity contribution in [2.45, 2.75) is 19.3 Å². The van der Waals surface area contributed by atoms with Crippen LogP contribution in [0.1, 0.15) is 19.3 Å². The SMILES string of the molecule is O=C(O)CC1CCN(C(=O)Nc2cccc(I)c2)CC1. The number of benzene rings is 1. The molecule has 2 N–H and O–H groups in total. The molecule has 0 spiro atoms. The van der Waals surface area contributed by atoms with Gasteiger partial charge in [0, 0.05) is 28.8 Å². The van der Waals surface area contributed by atoms with E-state index in [1.165, 1.54) is 0 Å². The summed E-state index contributed by atoms with van der Waals surface area (Å²) < 4.78 is 1.07. The Morgan fingerprint density at radius 1 is 1.35 bits per heavy atom. The van der Waals surface area contributed by atoms with Gasteiger partial charge >= 0.3 is 12.0 Å². The Morgan fingerprint density at radius 2 is 2.05 bits per heavy atom. The number of rotatable bonds is 3. The minimum atomic E-state index is -0.758. The molecule has 1 aromatic rings. The summed E-state index contributed by atoms with van der Waals surface area (Å²) in [6.45, 7) is 1.24. The number of nitrogens with one attached hydrogen (secondary N) is 1. The number of hydrogen-bond acceptors (Lipinski definition) is 2. The zero-order valence-electron chi connectivity index (χ0n) is 11.0. The molecule has 0 aliphatic carbocycles. The Balaban J connectivity index is 1.84. The molecule has 2 amide bonds. The van der Waals surface area contributed by atoms with Gasteiger partial charge in [0.1, 0.15) is 0 Å². The van der Waals surface area contributed by atoms with Crippen molar-refractivity contribution in [3.63, 3.8) is 0 Å². The molecule has 20 heavy (non-hydrogen) atoms. The minimum Gasteiger partial charge on any atom is -0.481 e. The summed E-state index contributed by atoms with van der Waals surface area (Å²) in [5, 5.41) is 11.6. The Bertz CT molecular complexity index is 499. The average Bonchev–Trinajstić information content (AvgIpc) is 2.38. The molecule has 1 aliphatic heterocycles. The van der Waals surface area contributed by atoms with E-state index in [4.69, 9.17) is 5.11 Å². The number of carboxylic acids is 1. The van der Waals surface area contributed by atoms with Crippen molar-refractivity contribution in [3.8, 4) is 0 Å². The van der Waals surface area contributed by atoms with Gasteiger partial charge in [-0.25, -0.2) is 4.79 Å². The maximum atomic E-state index is 12.1. The van der Waals surface area contributed by atoms with E-state index >= 15 is 0 Å². The number of anilines is 1. The predicted octanol–water partition coefficient (Wildman–Crippen LogP) is 3.01. The van der Waals surface area contributed by atoms with E-state index in [9.17, 15) is 9.59 Å². The van der Waals surface area contributed by atoms with E-state index in [2.05, 4.69) is 27.9 Å². The normalized spacial score (nSPS) is 15.9. The van der Waals surface area contributed by atoms with E-state index in [-0.39, 0.29) is 18.4 Å². The number of carbonyl (C=O) groups excluding carboxylic acids is 1. The molecule has 1 heterocycles. The lowest BCUT2D eigenvalue weighted by Crippen LogP contribution is -2.41. The molecule has 0 saturated carbocycles. The summed E-state index contributed by atoms with van der Waals surface area (Å²) >= 11 is 2.20. The third kappa shape index (κ3) is 4.36. The molecule has 1 aliphatic rings. The number of piperidine rings is 1. The predicted molar refractivity (Wildman–Crippen MR) is 84.7 cm³/mol. The van der Waals surface area contributed by atoms with Gasteiger partial charge in [0.15, 0.2) is 0 Å². The van der Waals surface area contributed by atoms with Crippen LogP contribution in [-0.4, -0.2) is 35.1 Å². The molecular weight excluding hydrogens is 371 g/mol. The van der Waals surface area contributed by atoms with Gasteiger partial charge in [-0.1, -0.05) is 6.07 Å². The first-order chi connectivity index (χ1) is 9.54. The highest BCUT2D eigenvalue weighted by Gasteiger charge is 2.24. The fourth-order valence-corrected chi connectivity index (χ4v) is 2.90. The Kier molecular flexibility index (Phi) is 5.22. The van der Waals surface area contributed by atoms with Crippen molar-refractivity contribution < 1.29 is 14.7 Å². The standard InChI is InChI=1S/C14H17IN2O3/c15-11-2-1-3-12(9-11)16-14(20)17-6-4-10(5-7-17)8-13(18)19/h1-3,9-10H,4-8H2,(H,16,20)(H,18,19). The van der Waals surface area contributed by atoms with Gasteiger partial charge in [0.2, 0.25) is 0 Å². The summed E-state index contributed by atoms with van der Waals surface area (Å²) in [5.41, 5.74) is 0.787. The Morgan fingerprint density at radius 3 is 2.65 bits per heavy atom. The van der Waals surface area contributed by atoms with Crippen LogP contribution in [0.5, 0.6) is 0 Å². The number of carboxylic acid groups (broad SMARTS) is 1. The smallest absolute Gasteiger partial charge is 0.321 e. The van der Waals surface area contributed by atoms with Crippen molar-refractivity contribution >= 4 is 40.3 Å². The fourth-order valence-electron chi connectivity index (χ4n) is 2.36. The number of urea groups is 1. The summed E-state index contributed by atoms with van der Waals surface area (Å²) in [6, 6.07) is 7.53. The monoisotopic (exact) mass is 388 g/mol. The van der Waals surface area contributed by atoms with Crippen LogP contribution in [0, 0.1) is 9.49 Å². The largest absolute Gasteiger partial charge is 0.481 e. The molecule has 2 rings (SSSR count). The van der Waals surface area contributed by atoms with Crippen LogP contribution in [-0.2, 0) is 4.79 Å². The minimum absolute atomic E-state index is 0.110. The third-order valence-corrected chi connectivity index (χ3v) is 4.11. The van der Waals surface area contributed by atoms with E-state index in [1.54, 1.807) is 4.90 Å². The summed E-state index contributed by atoms with van der Waals surface area (Å²) in [7, 11) is 0. The molecule has 0 radical (unpaired) electrons. The van der Waals surface area contributed by atoms with Gasteiger partial charge in [0.05, 0.1) is 0 Å². The number of nitrogens with zero attached hydrogens (tertiary/aromatic N) is 1. The zero-order valence-corrected chi connectivity index (χ0v) is 13.2. The van der Waals surface area contributed by atoms with Crippen LogP contribution in [0.4, 0.5) is 10.5 Å². The molecule has 108 valence electrons. The van der Waals surface area contributed by atoms with Gasteiger partial charge in [0.25, 0.3) is 0 Å². The van der Waals surface area contributed by atoms with Crippen LogP contribution in [0.15, 0.2) is 24.3 Å². The lowest BCUT2D eigenvalue weighted by molar-refractivity contribution is -0.138. The molecule has 0 bridgehead atoms. The summed E-state index contributed by atoms with van der Waals surface area (Å²) in [6.07, 6.45) is 1.71.